The van der Waals surface area contributed by atoms with Crippen molar-refractivity contribution in [2.45, 2.75) is 0 Å². The zero-order valence-corrected chi connectivity index (χ0v) is 9.58. The van der Waals surface area contributed by atoms with Gasteiger partial charge in [-0.05, 0) is 30.3 Å². The number of aromatic nitrogens is 2. The Morgan fingerprint density at radius 3 is 2.61 bits per heavy atom. The van der Waals surface area contributed by atoms with Crippen LogP contribution in [0.3, 0.4) is 0 Å². The fourth-order valence-electron chi connectivity index (χ4n) is 1.73. The summed E-state index contributed by atoms with van der Waals surface area (Å²) in [4.78, 5) is 8.33. The van der Waals surface area contributed by atoms with Gasteiger partial charge in [-0.2, -0.15) is 0 Å². The largest absolute Gasteiger partial charge is 0.438 e. The third-order valence-corrected chi connectivity index (χ3v) is 2.58. The van der Waals surface area contributed by atoms with Crippen molar-refractivity contribution in [3.8, 4) is 11.6 Å². The Hall–Kier alpha value is -2.62. The van der Waals surface area contributed by atoms with E-state index < -0.39 is 0 Å². The highest BCUT2D eigenvalue weighted by Gasteiger charge is 2.06. The van der Waals surface area contributed by atoms with Gasteiger partial charge in [0, 0.05) is 5.69 Å². The van der Waals surface area contributed by atoms with Crippen LogP contribution in [0.5, 0.6) is 11.6 Å². The van der Waals surface area contributed by atoms with Crippen molar-refractivity contribution in [3.63, 3.8) is 0 Å². The van der Waals surface area contributed by atoms with E-state index in [-0.39, 0.29) is 0 Å². The van der Waals surface area contributed by atoms with Gasteiger partial charge in [-0.1, -0.05) is 18.2 Å². The number of hydrogen-bond donors (Lipinski definition) is 1. The number of nitrogens with zero attached hydrogens (tertiary/aromatic N) is 2. The van der Waals surface area contributed by atoms with Crippen molar-refractivity contribution in [1.82, 2.24) is 9.97 Å². The second-order valence-corrected chi connectivity index (χ2v) is 3.87. The van der Waals surface area contributed by atoms with Crippen molar-refractivity contribution in [2.75, 3.05) is 5.73 Å². The third-order valence-electron chi connectivity index (χ3n) is 2.58. The van der Waals surface area contributed by atoms with E-state index in [0.717, 1.165) is 16.7 Å². The molecule has 1 aromatic heterocycles. The van der Waals surface area contributed by atoms with Crippen molar-refractivity contribution in [2.24, 2.45) is 0 Å². The molecule has 0 amide bonds. The van der Waals surface area contributed by atoms with Gasteiger partial charge in [0.25, 0.3) is 0 Å². The first-order valence-corrected chi connectivity index (χ1v) is 5.56. The first kappa shape index (κ1) is 10.5. The molecule has 3 aromatic rings. The van der Waals surface area contributed by atoms with Crippen LogP contribution in [0.25, 0.3) is 10.9 Å². The first-order chi connectivity index (χ1) is 8.83. The molecular weight excluding hydrogens is 226 g/mol. The molecule has 0 spiro atoms. The minimum Gasteiger partial charge on any atom is -0.438 e. The fourth-order valence-corrected chi connectivity index (χ4v) is 1.73. The molecular formula is C14H11N3O. The maximum absolute atomic E-state index is 5.78. The second kappa shape index (κ2) is 4.33. The summed E-state index contributed by atoms with van der Waals surface area (Å²) in [6.07, 6.45) is 1.48. The SMILES string of the molecule is Nc1ccc2ncnc(Oc3ccccc3)c2c1. The summed E-state index contributed by atoms with van der Waals surface area (Å²) in [6, 6.07) is 15.0. The summed E-state index contributed by atoms with van der Waals surface area (Å²) in [5.41, 5.74) is 7.25. The highest BCUT2D eigenvalue weighted by atomic mass is 16.5. The highest BCUT2D eigenvalue weighted by Crippen LogP contribution is 2.27. The second-order valence-electron chi connectivity index (χ2n) is 3.87. The smallest absolute Gasteiger partial charge is 0.230 e. The van der Waals surface area contributed by atoms with Crippen molar-refractivity contribution >= 4 is 16.6 Å². The molecule has 4 nitrogen and oxygen atoms in total. The van der Waals surface area contributed by atoms with Gasteiger partial charge in [-0.15, -0.1) is 0 Å². The standard InChI is InChI=1S/C14H11N3O/c15-10-6-7-13-12(8-10)14(17-9-16-13)18-11-4-2-1-3-5-11/h1-9H,15H2. The molecule has 2 N–H and O–H groups in total. The van der Waals surface area contributed by atoms with E-state index in [0.29, 0.717) is 11.6 Å². The Morgan fingerprint density at radius 2 is 1.78 bits per heavy atom. The Bertz CT molecular complexity index is 683. The molecule has 0 aliphatic heterocycles. The van der Waals surface area contributed by atoms with Crippen molar-refractivity contribution < 1.29 is 4.74 Å². The Balaban J connectivity index is 2.09. The van der Waals surface area contributed by atoms with Crippen LogP contribution >= 0.6 is 0 Å². The van der Waals surface area contributed by atoms with Gasteiger partial charge in [0.2, 0.25) is 5.88 Å². The number of fused-ring (bicyclic) bond motifs is 1. The highest BCUT2D eigenvalue weighted by molar-refractivity contribution is 5.86. The molecule has 1 heterocycles. The number of rotatable bonds is 2. The average molecular weight is 237 g/mol. The van der Waals surface area contributed by atoms with E-state index in [1.54, 1.807) is 0 Å². The van der Waals surface area contributed by atoms with Crippen LogP contribution in [0, 0.1) is 0 Å². The van der Waals surface area contributed by atoms with Crippen LogP contribution in [0.15, 0.2) is 54.9 Å². The van der Waals surface area contributed by atoms with E-state index in [1.807, 2.05) is 48.5 Å². The fraction of sp³-hybridized carbons (Fsp3) is 0. The molecule has 0 saturated heterocycles. The Morgan fingerprint density at radius 1 is 0.944 bits per heavy atom. The minimum atomic E-state index is 0.513. The molecule has 0 bridgehead atoms. The summed E-state index contributed by atoms with van der Waals surface area (Å²) in [7, 11) is 0. The van der Waals surface area contributed by atoms with Gasteiger partial charge >= 0.3 is 0 Å². The normalized spacial score (nSPS) is 10.4. The van der Waals surface area contributed by atoms with Crippen LogP contribution in [0.2, 0.25) is 0 Å². The molecule has 0 saturated carbocycles. The predicted molar refractivity (Wildman–Crippen MR) is 70.5 cm³/mol. The van der Waals surface area contributed by atoms with E-state index in [2.05, 4.69) is 9.97 Å². The number of para-hydroxylation sites is 1. The minimum absolute atomic E-state index is 0.513. The number of nitrogens with two attached hydrogens (primary N) is 1. The lowest BCUT2D eigenvalue weighted by Gasteiger charge is -2.07. The monoisotopic (exact) mass is 237 g/mol. The van der Waals surface area contributed by atoms with Gasteiger partial charge in [0.15, 0.2) is 0 Å². The molecule has 88 valence electrons. The number of benzene rings is 2. The van der Waals surface area contributed by atoms with Gasteiger partial charge in [-0.3, -0.25) is 0 Å². The summed E-state index contributed by atoms with van der Waals surface area (Å²) in [5.74, 6) is 1.25. The lowest BCUT2D eigenvalue weighted by Crippen LogP contribution is -1.92. The van der Waals surface area contributed by atoms with Crippen LogP contribution in [-0.2, 0) is 0 Å². The average Bonchev–Trinajstić information content (AvgIpc) is 2.41. The Kier molecular flexibility index (Phi) is 2.53. The van der Waals surface area contributed by atoms with Gasteiger partial charge in [0.05, 0.1) is 10.9 Å². The molecule has 0 fully saturated rings. The molecule has 0 aliphatic carbocycles. The predicted octanol–water partition coefficient (Wildman–Crippen LogP) is 3.00. The summed E-state index contributed by atoms with van der Waals surface area (Å²) >= 11 is 0. The maximum atomic E-state index is 5.78. The summed E-state index contributed by atoms with van der Waals surface area (Å²) in [5, 5.41) is 0.807. The zero-order valence-electron chi connectivity index (χ0n) is 9.58. The van der Waals surface area contributed by atoms with Gasteiger partial charge < -0.3 is 10.5 Å². The molecule has 3 rings (SSSR count). The number of nitrogen functional groups attached to an aromatic ring is 1. The zero-order chi connectivity index (χ0) is 12.4. The molecule has 4 heteroatoms. The molecule has 2 aromatic carbocycles. The van der Waals surface area contributed by atoms with Crippen LogP contribution < -0.4 is 10.5 Å². The van der Waals surface area contributed by atoms with Gasteiger partial charge in [-0.25, -0.2) is 9.97 Å². The first-order valence-electron chi connectivity index (χ1n) is 5.56. The topological polar surface area (TPSA) is 61.0 Å². The van der Waals surface area contributed by atoms with E-state index in [9.17, 15) is 0 Å². The lowest BCUT2D eigenvalue weighted by atomic mass is 10.2. The van der Waals surface area contributed by atoms with Crippen LogP contribution in [-0.4, -0.2) is 9.97 Å². The quantitative estimate of drug-likeness (QED) is 0.696. The summed E-state index contributed by atoms with van der Waals surface area (Å²) in [6.45, 7) is 0. The molecule has 0 atom stereocenters. The number of ether oxygens (including phenoxy) is 1. The van der Waals surface area contributed by atoms with Crippen molar-refractivity contribution in [1.29, 1.82) is 0 Å². The third kappa shape index (κ3) is 1.96. The van der Waals surface area contributed by atoms with E-state index in [4.69, 9.17) is 10.5 Å². The van der Waals surface area contributed by atoms with Crippen LogP contribution in [0.4, 0.5) is 5.69 Å². The van der Waals surface area contributed by atoms with E-state index in [1.165, 1.54) is 6.33 Å². The van der Waals surface area contributed by atoms with Crippen LogP contribution in [0.1, 0.15) is 0 Å². The molecule has 0 radical (unpaired) electrons. The Labute approximate surface area is 104 Å². The molecule has 0 unspecified atom stereocenters. The van der Waals surface area contributed by atoms with Crippen molar-refractivity contribution in [3.05, 3.63) is 54.9 Å². The van der Waals surface area contributed by atoms with Gasteiger partial charge in [0.1, 0.15) is 12.1 Å². The summed E-state index contributed by atoms with van der Waals surface area (Å²) < 4.78 is 5.74. The maximum Gasteiger partial charge on any atom is 0.230 e. The molecule has 18 heavy (non-hydrogen) atoms. The number of hydrogen-bond acceptors (Lipinski definition) is 4. The lowest BCUT2D eigenvalue weighted by molar-refractivity contribution is 0.468. The van der Waals surface area contributed by atoms with E-state index >= 15 is 0 Å². The number of anilines is 1. The molecule has 0 aliphatic rings.